The quantitative estimate of drug-likeness (QED) is 0.578. The molecular weight excluding hydrogens is 164 g/mol. The first kappa shape index (κ1) is 10.6. The van der Waals surface area contributed by atoms with Gasteiger partial charge in [0.25, 0.3) is 0 Å². The number of carboxylic acid groups (broad SMARTS) is 2. The van der Waals surface area contributed by atoms with Gasteiger partial charge in [-0.2, -0.15) is 0 Å². The second-order valence-corrected chi connectivity index (χ2v) is 2.43. The fourth-order valence-corrected chi connectivity index (χ4v) is 0.768. The zero-order valence-electron chi connectivity index (χ0n) is 6.61. The van der Waals surface area contributed by atoms with Crippen molar-refractivity contribution in [3.8, 4) is 0 Å². The van der Waals surface area contributed by atoms with E-state index in [1.165, 1.54) is 0 Å². The zero-order valence-corrected chi connectivity index (χ0v) is 6.61. The van der Waals surface area contributed by atoms with E-state index in [1.54, 1.807) is 0 Å². The summed E-state index contributed by atoms with van der Waals surface area (Å²) in [5, 5.41) is 16.7. The van der Waals surface area contributed by atoms with Crippen LogP contribution in [0.4, 0.5) is 0 Å². The van der Waals surface area contributed by atoms with Gasteiger partial charge in [-0.25, -0.2) is 0 Å². The van der Waals surface area contributed by atoms with E-state index in [-0.39, 0.29) is 12.8 Å². The molecule has 1 unspecified atom stereocenters. The maximum atomic E-state index is 10.6. The predicted octanol–water partition coefficient (Wildman–Crippen LogP) is 0.141. The molecule has 0 aromatic heterocycles. The Morgan fingerprint density at radius 3 is 2.00 bits per heavy atom. The molecular formula is C7H10O5. The van der Waals surface area contributed by atoms with Gasteiger partial charge in [0.05, 0.1) is 0 Å². The third-order valence-electron chi connectivity index (χ3n) is 1.44. The van der Waals surface area contributed by atoms with E-state index in [0.29, 0.717) is 0 Å². The fraction of sp³-hybridized carbons (Fsp3) is 0.571. The lowest BCUT2D eigenvalue weighted by Gasteiger charge is -2.05. The molecule has 0 aromatic carbocycles. The molecule has 0 amide bonds. The molecule has 0 aromatic rings. The summed E-state index contributed by atoms with van der Waals surface area (Å²) in [6.45, 7) is 1.14. The molecule has 0 radical (unpaired) electrons. The molecule has 0 rings (SSSR count). The van der Waals surface area contributed by atoms with Crippen LogP contribution in [0.3, 0.4) is 0 Å². The minimum atomic E-state index is -1.26. The molecule has 5 heteroatoms. The summed E-state index contributed by atoms with van der Waals surface area (Å²) in [5.41, 5.74) is 0. The van der Waals surface area contributed by atoms with Crippen molar-refractivity contribution in [3.05, 3.63) is 0 Å². The van der Waals surface area contributed by atoms with Gasteiger partial charge >= 0.3 is 11.9 Å². The van der Waals surface area contributed by atoms with Gasteiger partial charge in [0.1, 0.15) is 11.7 Å². The Morgan fingerprint density at radius 1 is 1.25 bits per heavy atom. The van der Waals surface area contributed by atoms with Crippen LogP contribution in [0.2, 0.25) is 0 Å². The largest absolute Gasteiger partial charge is 0.481 e. The van der Waals surface area contributed by atoms with Crippen LogP contribution in [0, 0.1) is 5.92 Å². The standard InChI is InChI=1S/C7H10O5/c1-4(8)5(7(11)12)2-3-6(9)10/h5H,2-3H2,1H3,(H,9,10)(H,11,12). The number of aliphatic carboxylic acids is 2. The number of hydrogen-bond donors (Lipinski definition) is 2. The van der Waals surface area contributed by atoms with Crippen LogP contribution in [0.15, 0.2) is 0 Å². The smallest absolute Gasteiger partial charge is 0.314 e. The molecule has 0 spiro atoms. The van der Waals surface area contributed by atoms with E-state index >= 15 is 0 Å². The van der Waals surface area contributed by atoms with Gasteiger partial charge < -0.3 is 10.2 Å². The van der Waals surface area contributed by atoms with Crippen molar-refractivity contribution in [2.45, 2.75) is 19.8 Å². The summed E-state index contributed by atoms with van der Waals surface area (Å²) in [6.07, 6.45) is -0.434. The summed E-state index contributed by atoms with van der Waals surface area (Å²) in [6, 6.07) is 0. The number of carbonyl (C=O) groups excluding carboxylic acids is 1. The van der Waals surface area contributed by atoms with E-state index in [0.717, 1.165) is 6.92 Å². The molecule has 0 aliphatic heterocycles. The van der Waals surface area contributed by atoms with Crippen molar-refractivity contribution in [1.29, 1.82) is 0 Å². The van der Waals surface area contributed by atoms with E-state index < -0.39 is 23.6 Å². The van der Waals surface area contributed by atoms with Crippen LogP contribution in [-0.4, -0.2) is 27.9 Å². The zero-order chi connectivity index (χ0) is 9.72. The van der Waals surface area contributed by atoms with Gasteiger partial charge in [-0.3, -0.25) is 14.4 Å². The normalized spacial score (nSPS) is 12.1. The van der Waals surface area contributed by atoms with Crippen LogP contribution in [0.5, 0.6) is 0 Å². The first-order valence-corrected chi connectivity index (χ1v) is 3.40. The molecule has 0 saturated heterocycles. The van der Waals surface area contributed by atoms with E-state index in [9.17, 15) is 14.4 Å². The maximum Gasteiger partial charge on any atom is 0.314 e. The number of Topliss-reactive ketones (excluding diaryl/α,β-unsaturated/α-hetero) is 1. The van der Waals surface area contributed by atoms with E-state index in [4.69, 9.17) is 10.2 Å². The van der Waals surface area contributed by atoms with Gasteiger partial charge in [0.15, 0.2) is 0 Å². The molecule has 2 N–H and O–H groups in total. The first-order chi connectivity index (χ1) is 5.45. The van der Waals surface area contributed by atoms with Gasteiger partial charge in [-0.15, -0.1) is 0 Å². The molecule has 5 nitrogen and oxygen atoms in total. The van der Waals surface area contributed by atoms with Gasteiger partial charge in [-0.05, 0) is 13.3 Å². The van der Waals surface area contributed by atoms with Crippen molar-refractivity contribution in [2.75, 3.05) is 0 Å². The van der Waals surface area contributed by atoms with Crippen LogP contribution < -0.4 is 0 Å². The first-order valence-electron chi connectivity index (χ1n) is 3.40. The maximum absolute atomic E-state index is 10.6. The highest BCUT2D eigenvalue weighted by Gasteiger charge is 2.22. The second kappa shape index (κ2) is 4.48. The topological polar surface area (TPSA) is 91.7 Å². The minimum absolute atomic E-state index is 0.139. The Hall–Kier alpha value is -1.39. The molecule has 0 heterocycles. The Morgan fingerprint density at radius 2 is 1.75 bits per heavy atom. The molecule has 1 atom stereocenters. The number of rotatable bonds is 5. The Bertz CT molecular complexity index is 194. The summed E-state index contributed by atoms with van der Waals surface area (Å²) in [5.74, 6) is -4.05. The van der Waals surface area contributed by atoms with E-state index in [2.05, 4.69) is 0 Å². The minimum Gasteiger partial charge on any atom is -0.481 e. The van der Waals surface area contributed by atoms with Crippen molar-refractivity contribution < 1.29 is 24.6 Å². The molecule has 68 valence electrons. The Kier molecular flexibility index (Phi) is 3.96. The Labute approximate surface area is 69.0 Å². The third-order valence-corrected chi connectivity index (χ3v) is 1.44. The highest BCUT2D eigenvalue weighted by Crippen LogP contribution is 2.07. The lowest BCUT2D eigenvalue weighted by Crippen LogP contribution is -2.22. The van der Waals surface area contributed by atoms with E-state index in [1.807, 2.05) is 0 Å². The number of carbonyl (C=O) groups is 3. The van der Waals surface area contributed by atoms with Gasteiger partial charge in [0.2, 0.25) is 0 Å². The average molecular weight is 174 g/mol. The number of hydrogen-bond acceptors (Lipinski definition) is 3. The van der Waals surface area contributed by atoms with Crippen molar-refractivity contribution in [1.82, 2.24) is 0 Å². The summed E-state index contributed by atoms with van der Waals surface area (Å²) in [4.78, 5) is 31.0. The van der Waals surface area contributed by atoms with Crippen LogP contribution >= 0.6 is 0 Å². The molecule has 0 bridgehead atoms. The molecule has 12 heavy (non-hydrogen) atoms. The van der Waals surface area contributed by atoms with Crippen molar-refractivity contribution >= 4 is 17.7 Å². The summed E-state index contributed by atoms with van der Waals surface area (Å²) >= 11 is 0. The summed E-state index contributed by atoms with van der Waals surface area (Å²) in [7, 11) is 0. The van der Waals surface area contributed by atoms with Crippen molar-refractivity contribution in [3.63, 3.8) is 0 Å². The molecule has 0 aliphatic rings. The fourth-order valence-electron chi connectivity index (χ4n) is 0.768. The summed E-state index contributed by atoms with van der Waals surface area (Å²) < 4.78 is 0. The predicted molar refractivity (Wildman–Crippen MR) is 38.7 cm³/mol. The second-order valence-electron chi connectivity index (χ2n) is 2.43. The average Bonchev–Trinajstić information content (AvgIpc) is 1.84. The number of carboxylic acids is 2. The Balaban J connectivity index is 4.06. The molecule has 0 saturated carbocycles. The molecule has 0 aliphatic carbocycles. The van der Waals surface area contributed by atoms with Crippen LogP contribution in [-0.2, 0) is 14.4 Å². The van der Waals surface area contributed by atoms with Crippen molar-refractivity contribution in [2.24, 2.45) is 5.92 Å². The highest BCUT2D eigenvalue weighted by molar-refractivity contribution is 5.97. The molecule has 0 fully saturated rings. The number of ketones is 1. The lowest BCUT2D eigenvalue weighted by atomic mass is 10.00. The SMILES string of the molecule is CC(=O)C(CCC(=O)O)C(=O)O. The third kappa shape index (κ3) is 3.70. The lowest BCUT2D eigenvalue weighted by molar-refractivity contribution is -0.146. The monoisotopic (exact) mass is 174 g/mol. The van der Waals surface area contributed by atoms with Crippen LogP contribution in [0.25, 0.3) is 0 Å². The van der Waals surface area contributed by atoms with Crippen LogP contribution in [0.1, 0.15) is 19.8 Å². The van der Waals surface area contributed by atoms with Gasteiger partial charge in [0, 0.05) is 6.42 Å². The highest BCUT2D eigenvalue weighted by atomic mass is 16.4. The van der Waals surface area contributed by atoms with Gasteiger partial charge in [-0.1, -0.05) is 0 Å².